The van der Waals surface area contributed by atoms with Crippen molar-refractivity contribution in [1.82, 2.24) is 0 Å². The summed E-state index contributed by atoms with van der Waals surface area (Å²) in [4.78, 5) is 0. The fourth-order valence-electron chi connectivity index (χ4n) is 0.786. The molecule has 0 aliphatic heterocycles. The van der Waals surface area contributed by atoms with Gasteiger partial charge in [-0.15, -0.1) is 0 Å². The third-order valence-corrected chi connectivity index (χ3v) is 2.16. The average Bonchev–Trinajstić information content (AvgIpc) is 2.08. The number of methoxy groups -OCH3 is 1. The summed E-state index contributed by atoms with van der Waals surface area (Å²) in [5, 5.41) is 26.6. The molecule has 0 aliphatic rings. The van der Waals surface area contributed by atoms with Crippen LogP contribution in [0.25, 0.3) is 0 Å². The molecule has 3 N–H and O–H groups in total. The number of aliphatic hydroxyl groups excluding tert-OH is 3. The van der Waals surface area contributed by atoms with Crippen molar-refractivity contribution in [1.29, 1.82) is 0 Å². The first kappa shape index (κ1) is 10.8. The molecule has 0 fully saturated rings. The summed E-state index contributed by atoms with van der Waals surface area (Å²) in [6.07, 6.45) is -0.359. The Morgan fingerprint density at radius 3 is 1.64 bits per heavy atom. The molecule has 0 saturated carbocycles. The average molecular weight is 164 g/mol. The van der Waals surface area contributed by atoms with Gasteiger partial charge in [0.15, 0.2) is 0 Å². The van der Waals surface area contributed by atoms with E-state index in [0.717, 1.165) is 0 Å². The summed E-state index contributed by atoms with van der Waals surface area (Å²) in [6, 6.07) is 0. The molecular weight excluding hydrogens is 148 g/mol. The Morgan fingerprint density at radius 2 is 1.55 bits per heavy atom. The third-order valence-electron chi connectivity index (χ3n) is 2.16. The summed E-state index contributed by atoms with van der Waals surface area (Å²) in [7, 11) is 1.47. The molecule has 0 aliphatic carbocycles. The Balaban J connectivity index is 4.26. The second-order valence-electron chi connectivity index (χ2n) is 2.71. The fourth-order valence-corrected chi connectivity index (χ4v) is 0.786. The molecule has 1 unspecified atom stereocenters. The minimum absolute atomic E-state index is 0.283. The molecule has 4 nitrogen and oxygen atoms in total. The highest BCUT2D eigenvalue weighted by molar-refractivity contribution is 4.83. The van der Waals surface area contributed by atoms with Crippen LogP contribution in [0, 0.1) is 5.41 Å². The summed E-state index contributed by atoms with van der Waals surface area (Å²) in [5.41, 5.74) is -0.922. The number of rotatable bonds is 5. The number of hydrogen-bond acceptors (Lipinski definition) is 4. The SMILES string of the molecule is COC(C)C(CO)(CO)CO. The quantitative estimate of drug-likeness (QED) is 0.486. The Kier molecular flexibility index (Phi) is 4.60. The lowest BCUT2D eigenvalue weighted by atomic mass is 9.85. The van der Waals surface area contributed by atoms with Gasteiger partial charge in [-0.25, -0.2) is 0 Å². The van der Waals surface area contributed by atoms with Gasteiger partial charge in [0.25, 0.3) is 0 Å². The van der Waals surface area contributed by atoms with Gasteiger partial charge in [0.05, 0.1) is 31.3 Å². The molecule has 68 valence electrons. The Hall–Kier alpha value is -0.160. The second-order valence-corrected chi connectivity index (χ2v) is 2.71. The predicted octanol–water partition coefficient (Wildman–Crippen LogP) is -1.02. The van der Waals surface area contributed by atoms with E-state index < -0.39 is 5.41 Å². The zero-order chi connectivity index (χ0) is 8.91. The molecule has 1 atom stereocenters. The van der Waals surface area contributed by atoms with Crippen LogP contribution in [0.5, 0.6) is 0 Å². The molecule has 0 aromatic carbocycles. The zero-order valence-corrected chi connectivity index (χ0v) is 6.95. The summed E-state index contributed by atoms with van der Waals surface area (Å²) in [6.45, 7) is 0.849. The lowest BCUT2D eigenvalue weighted by Crippen LogP contribution is -2.44. The second kappa shape index (κ2) is 4.66. The molecule has 0 heterocycles. The van der Waals surface area contributed by atoms with Crippen LogP contribution in [0.2, 0.25) is 0 Å². The van der Waals surface area contributed by atoms with E-state index in [1.165, 1.54) is 7.11 Å². The maximum atomic E-state index is 8.88. The van der Waals surface area contributed by atoms with Crippen LogP contribution in [0.4, 0.5) is 0 Å². The Labute approximate surface area is 66.4 Å². The van der Waals surface area contributed by atoms with Crippen molar-refractivity contribution in [2.45, 2.75) is 13.0 Å². The highest BCUT2D eigenvalue weighted by Gasteiger charge is 2.34. The van der Waals surface area contributed by atoms with Crippen LogP contribution in [0.1, 0.15) is 6.92 Å². The van der Waals surface area contributed by atoms with Crippen molar-refractivity contribution >= 4 is 0 Å². The van der Waals surface area contributed by atoms with Gasteiger partial charge in [-0.2, -0.15) is 0 Å². The number of ether oxygens (including phenoxy) is 1. The Morgan fingerprint density at radius 1 is 1.18 bits per heavy atom. The highest BCUT2D eigenvalue weighted by Crippen LogP contribution is 2.21. The van der Waals surface area contributed by atoms with E-state index in [2.05, 4.69) is 0 Å². The molecular formula is C7H16O4. The van der Waals surface area contributed by atoms with Crippen molar-refractivity contribution < 1.29 is 20.1 Å². The minimum Gasteiger partial charge on any atom is -0.396 e. The van der Waals surface area contributed by atoms with E-state index in [1.807, 2.05) is 0 Å². The molecule has 0 rings (SSSR count). The lowest BCUT2D eigenvalue weighted by molar-refractivity contribution is -0.0910. The first-order chi connectivity index (χ1) is 5.16. The van der Waals surface area contributed by atoms with Crippen LogP contribution in [-0.2, 0) is 4.74 Å². The van der Waals surface area contributed by atoms with E-state index in [-0.39, 0.29) is 25.9 Å². The smallest absolute Gasteiger partial charge is 0.0665 e. The van der Waals surface area contributed by atoms with Crippen molar-refractivity contribution in [3.8, 4) is 0 Å². The third kappa shape index (κ3) is 2.13. The minimum atomic E-state index is -0.922. The number of hydrogen-bond donors (Lipinski definition) is 3. The maximum absolute atomic E-state index is 8.88. The summed E-state index contributed by atoms with van der Waals surface area (Å²) < 4.78 is 4.91. The number of aliphatic hydroxyl groups is 3. The molecule has 0 amide bonds. The van der Waals surface area contributed by atoms with Gasteiger partial charge >= 0.3 is 0 Å². The van der Waals surface area contributed by atoms with E-state index in [0.29, 0.717) is 0 Å². The standard InChI is InChI=1S/C7H16O4/c1-6(11-2)7(3-8,4-9)5-10/h6,8-10H,3-5H2,1-2H3. The van der Waals surface area contributed by atoms with Crippen LogP contribution in [-0.4, -0.2) is 48.4 Å². The zero-order valence-electron chi connectivity index (χ0n) is 6.95. The van der Waals surface area contributed by atoms with E-state index in [9.17, 15) is 0 Å². The Bertz CT molecular complexity index is 92.3. The summed E-state index contributed by atoms with van der Waals surface area (Å²) in [5.74, 6) is 0. The molecule has 0 aromatic heterocycles. The maximum Gasteiger partial charge on any atom is 0.0665 e. The van der Waals surface area contributed by atoms with Gasteiger partial charge in [0, 0.05) is 7.11 Å². The monoisotopic (exact) mass is 164 g/mol. The van der Waals surface area contributed by atoms with E-state index >= 15 is 0 Å². The van der Waals surface area contributed by atoms with E-state index in [1.54, 1.807) is 6.92 Å². The van der Waals surface area contributed by atoms with Crippen LogP contribution >= 0.6 is 0 Å². The van der Waals surface area contributed by atoms with E-state index in [4.69, 9.17) is 20.1 Å². The van der Waals surface area contributed by atoms with Gasteiger partial charge in [-0.05, 0) is 6.92 Å². The molecule has 4 heteroatoms. The largest absolute Gasteiger partial charge is 0.396 e. The predicted molar refractivity (Wildman–Crippen MR) is 40.2 cm³/mol. The first-order valence-electron chi connectivity index (χ1n) is 3.52. The highest BCUT2D eigenvalue weighted by atomic mass is 16.5. The molecule has 0 aromatic rings. The van der Waals surface area contributed by atoms with Crippen molar-refractivity contribution in [2.24, 2.45) is 5.41 Å². The van der Waals surface area contributed by atoms with Crippen molar-refractivity contribution in [2.75, 3.05) is 26.9 Å². The van der Waals surface area contributed by atoms with Crippen molar-refractivity contribution in [3.05, 3.63) is 0 Å². The van der Waals surface area contributed by atoms with Crippen LogP contribution in [0.15, 0.2) is 0 Å². The van der Waals surface area contributed by atoms with Gasteiger partial charge in [-0.3, -0.25) is 0 Å². The molecule has 0 bridgehead atoms. The molecule has 0 spiro atoms. The van der Waals surface area contributed by atoms with Gasteiger partial charge < -0.3 is 20.1 Å². The normalized spacial score (nSPS) is 15.0. The lowest BCUT2D eigenvalue weighted by Gasteiger charge is -2.32. The fraction of sp³-hybridized carbons (Fsp3) is 1.00. The molecule has 0 radical (unpaired) electrons. The first-order valence-corrected chi connectivity index (χ1v) is 3.52. The molecule has 0 saturated heterocycles. The molecule has 11 heavy (non-hydrogen) atoms. The van der Waals surface area contributed by atoms with Gasteiger partial charge in [-0.1, -0.05) is 0 Å². The topological polar surface area (TPSA) is 69.9 Å². The van der Waals surface area contributed by atoms with Gasteiger partial charge in [0.2, 0.25) is 0 Å². The van der Waals surface area contributed by atoms with Crippen molar-refractivity contribution in [3.63, 3.8) is 0 Å². The summed E-state index contributed by atoms with van der Waals surface area (Å²) >= 11 is 0. The van der Waals surface area contributed by atoms with Gasteiger partial charge in [0.1, 0.15) is 0 Å². The van der Waals surface area contributed by atoms with Crippen LogP contribution in [0.3, 0.4) is 0 Å². The van der Waals surface area contributed by atoms with Crippen LogP contribution < -0.4 is 0 Å².